The van der Waals surface area contributed by atoms with Crippen LogP contribution in [0.25, 0.3) is 22.2 Å². The van der Waals surface area contributed by atoms with E-state index in [0.717, 1.165) is 11.1 Å². The minimum atomic E-state index is -3.74. The minimum absolute atomic E-state index is 0.00499. The number of carbonyl (C=O) groups is 2. The molecular weight excluding hydrogens is 468 g/mol. The highest BCUT2D eigenvalue weighted by molar-refractivity contribution is 7.92. The van der Waals surface area contributed by atoms with E-state index in [1.165, 1.54) is 12.1 Å². The summed E-state index contributed by atoms with van der Waals surface area (Å²) in [6.45, 7) is 1.99. The number of hydrogen-bond acceptors (Lipinski definition) is 6. The van der Waals surface area contributed by atoms with Gasteiger partial charge in [-0.05, 0) is 49.4 Å². The second kappa shape index (κ2) is 10.4. The van der Waals surface area contributed by atoms with E-state index in [4.69, 9.17) is 4.74 Å². The number of anilines is 2. The first-order valence-corrected chi connectivity index (χ1v) is 12.5. The fourth-order valence-corrected chi connectivity index (χ4v) is 4.60. The fraction of sp³-hybridized carbons (Fsp3) is 0.160. The maximum absolute atomic E-state index is 12.7. The predicted molar refractivity (Wildman–Crippen MR) is 133 cm³/mol. The molecule has 3 N–H and O–H groups in total. The molecule has 35 heavy (non-hydrogen) atoms. The topological polar surface area (TPSA) is 130 Å². The number of fused-ring (bicyclic) bond motifs is 1. The first kappa shape index (κ1) is 24.0. The lowest BCUT2D eigenvalue weighted by Crippen LogP contribution is -2.14. The lowest BCUT2D eigenvalue weighted by Gasteiger charge is -2.09. The van der Waals surface area contributed by atoms with Crippen LogP contribution in [0, 0.1) is 0 Å². The van der Waals surface area contributed by atoms with Gasteiger partial charge in [0, 0.05) is 28.7 Å². The number of amides is 1. The number of benzene rings is 3. The molecular formula is C25H24N4O5S. The highest BCUT2D eigenvalue weighted by atomic mass is 32.2. The normalized spacial score (nSPS) is 11.2. The smallest absolute Gasteiger partial charge is 0.306 e. The van der Waals surface area contributed by atoms with E-state index in [0.29, 0.717) is 22.5 Å². The summed E-state index contributed by atoms with van der Waals surface area (Å²) < 4.78 is 32.9. The number of ether oxygens (including phenoxy) is 1. The molecule has 0 aliphatic carbocycles. The number of nitrogens with one attached hydrogen (secondary N) is 3. The van der Waals surface area contributed by atoms with Gasteiger partial charge in [0.15, 0.2) is 0 Å². The SMILES string of the molecule is CCOC(=O)CCC(=O)Nc1cccc(-c2n[nH]c3ccc(NS(=O)(=O)c4ccccc4)cc23)c1. The van der Waals surface area contributed by atoms with Crippen molar-refractivity contribution in [2.45, 2.75) is 24.7 Å². The number of rotatable bonds is 9. The van der Waals surface area contributed by atoms with Gasteiger partial charge in [-0.15, -0.1) is 0 Å². The van der Waals surface area contributed by atoms with Crippen molar-refractivity contribution in [1.82, 2.24) is 10.2 Å². The molecule has 3 aromatic carbocycles. The van der Waals surface area contributed by atoms with Gasteiger partial charge in [0.25, 0.3) is 10.0 Å². The lowest BCUT2D eigenvalue weighted by atomic mass is 10.1. The Bertz CT molecular complexity index is 1470. The predicted octanol–water partition coefficient (Wildman–Crippen LogP) is 4.31. The Labute approximate surface area is 202 Å². The Hall–Kier alpha value is -4.18. The largest absolute Gasteiger partial charge is 0.466 e. The number of sulfonamides is 1. The summed E-state index contributed by atoms with van der Waals surface area (Å²) >= 11 is 0. The van der Waals surface area contributed by atoms with Gasteiger partial charge >= 0.3 is 5.97 Å². The number of aromatic nitrogens is 2. The van der Waals surface area contributed by atoms with Crippen molar-refractivity contribution >= 4 is 44.2 Å². The molecule has 0 aliphatic heterocycles. The highest BCUT2D eigenvalue weighted by Gasteiger charge is 2.16. The minimum Gasteiger partial charge on any atom is -0.466 e. The second-order valence-electron chi connectivity index (χ2n) is 7.69. The molecule has 180 valence electrons. The van der Waals surface area contributed by atoms with Crippen molar-refractivity contribution in [3.05, 3.63) is 72.8 Å². The van der Waals surface area contributed by atoms with E-state index in [2.05, 4.69) is 20.2 Å². The van der Waals surface area contributed by atoms with Crippen LogP contribution in [0.2, 0.25) is 0 Å². The van der Waals surface area contributed by atoms with E-state index < -0.39 is 16.0 Å². The number of hydrogen-bond donors (Lipinski definition) is 3. The summed E-state index contributed by atoms with van der Waals surface area (Å²) in [5.41, 5.74) is 3.00. The fourth-order valence-electron chi connectivity index (χ4n) is 3.53. The number of carbonyl (C=O) groups excluding carboxylic acids is 2. The lowest BCUT2D eigenvalue weighted by molar-refractivity contribution is -0.144. The van der Waals surface area contributed by atoms with E-state index in [1.54, 1.807) is 61.5 Å². The van der Waals surface area contributed by atoms with Gasteiger partial charge in [-0.3, -0.25) is 19.4 Å². The summed E-state index contributed by atoms with van der Waals surface area (Å²) in [6, 6.07) is 20.3. The van der Waals surface area contributed by atoms with Crippen molar-refractivity contribution in [2.75, 3.05) is 16.6 Å². The van der Waals surface area contributed by atoms with Crippen molar-refractivity contribution in [3.63, 3.8) is 0 Å². The highest BCUT2D eigenvalue weighted by Crippen LogP contribution is 2.30. The van der Waals surface area contributed by atoms with Gasteiger partial charge in [0.1, 0.15) is 5.69 Å². The molecule has 0 unspecified atom stereocenters. The quantitative estimate of drug-likeness (QED) is 0.299. The van der Waals surface area contributed by atoms with E-state index in [-0.39, 0.29) is 30.3 Å². The molecule has 0 aliphatic rings. The molecule has 4 aromatic rings. The van der Waals surface area contributed by atoms with Crippen LogP contribution in [0.15, 0.2) is 77.7 Å². The number of H-pyrrole nitrogens is 1. The Morgan fingerprint density at radius 3 is 2.51 bits per heavy atom. The molecule has 4 rings (SSSR count). The average Bonchev–Trinajstić information content (AvgIpc) is 3.27. The number of aromatic amines is 1. The monoisotopic (exact) mass is 492 g/mol. The van der Waals surface area contributed by atoms with Gasteiger partial charge in [0.2, 0.25) is 5.91 Å². The molecule has 0 saturated heterocycles. The third-order valence-corrected chi connectivity index (χ3v) is 6.55. The Morgan fingerprint density at radius 1 is 0.943 bits per heavy atom. The molecule has 0 saturated carbocycles. The molecule has 1 amide bonds. The molecule has 1 heterocycles. The third-order valence-electron chi connectivity index (χ3n) is 5.15. The first-order valence-electron chi connectivity index (χ1n) is 11.0. The van der Waals surface area contributed by atoms with Gasteiger partial charge < -0.3 is 10.1 Å². The van der Waals surface area contributed by atoms with Crippen LogP contribution in [0.4, 0.5) is 11.4 Å². The van der Waals surface area contributed by atoms with Gasteiger partial charge in [0.05, 0.1) is 23.4 Å². The van der Waals surface area contributed by atoms with Crippen LogP contribution >= 0.6 is 0 Å². The van der Waals surface area contributed by atoms with Gasteiger partial charge in [-0.1, -0.05) is 30.3 Å². The zero-order chi connectivity index (χ0) is 24.8. The molecule has 0 fully saturated rings. The molecule has 0 spiro atoms. The number of esters is 1. The van der Waals surface area contributed by atoms with Crippen molar-refractivity contribution in [1.29, 1.82) is 0 Å². The number of nitrogens with zero attached hydrogens (tertiary/aromatic N) is 1. The third kappa shape index (κ3) is 5.85. The molecule has 1 aromatic heterocycles. The molecule has 9 nitrogen and oxygen atoms in total. The maximum Gasteiger partial charge on any atom is 0.306 e. The van der Waals surface area contributed by atoms with Crippen LogP contribution in [0.5, 0.6) is 0 Å². The molecule has 0 radical (unpaired) electrons. The van der Waals surface area contributed by atoms with E-state index >= 15 is 0 Å². The molecule has 10 heteroatoms. The molecule has 0 atom stereocenters. The van der Waals surface area contributed by atoms with Crippen molar-refractivity contribution < 1.29 is 22.7 Å². The Morgan fingerprint density at radius 2 is 1.74 bits per heavy atom. The maximum atomic E-state index is 12.7. The summed E-state index contributed by atoms with van der Waals surface area (Å²) in [4.78, 5) is 23.9. The Kier molecular flexibility index (Phi) is 7.11. The van der Waals surface area contributed by atoms with Crippen molar-refractivity contribution in [3.8, 4) is 11.3 Å². The van der Waals surface area contributed by atoms with Crippen LogP contribution in [0.3, 0.4) is 0 Å². The van der Waals surface area contributed by atoms with Gasteiger partial charge in [-0.2, -0.15) is 5.10 Å². The first-order chi connectivity index (χ1) is 16.9. The summed E-state index contributed by atoms with van der Waals surface area (Å²) in [5, 5.41) is 10.8. The van der Waals surface area contributed by atoms with Crippen LogP contribution in [0.1, 0.15) is 19.8 Å². The molecule has 0 bridgehead atoms. The average molecular weight is 493 g/mol. The summed E-state index contributed by atoms with van der Waals surface area (Å²) in [6.07, 6.45) is 0.0182. The Balaban J connectivity index is 1.54. The van der Waals surface area contributed by atoms with Crippen LogP contribution in [-0.4, -0.2) is 37.1 Å². The zero-order valence-corrected chi connectivity index (χ0v) is 19.8. The van der Waals surface area contributed by atoms with Gasteiger partial charge in [-0.25, -0.2) is 8.42 Å². The second-order valence-corrected chi connectivity index (χ2v) is 9.37. The van der Waals surface area contributed by atoms with E-state index in [9.17, 15) is 18.0 Å². The zero-order valence-electron chi connectivity index (χ0n) is 18.9. The standard InChI is InChI=1S/C25H24N4O5S/c1-2-34-24(31)14-13-23(30)26-18-8-6-7-17(15-18)25-21-16-19(11-12-22(21)27-28-25)29-35(32,33)20-9-4-3-5-10-20/h3-12,15-16,29H,2,13-14H2,1H3,(H,26,30)(H,27,28). The van der Waals surface area contributed by atoms with E-state index in [1.807, 2.05) is 6.07 Å². The summed E-state index contributed by atoms with van der Waals surface area (Å²) in [7, 11) is -3.74. The van der Waals surface area contributed by atoms with Crippen LogP contribution in [-0.2, 0) is 24.3 Å². The van der Waals surface area contributed by atoms with Crippen molar-refractivity contribution in [2.24, 2.45) is 0 Å². The van der Waals surface area contributed by atoms with Crippen LogP contribution < -0.4 is 10.0 Å². The summed E-state index contributed by atoms with van der Waals surface area (Å²) in [5.74, 6) is -0.724.